The molecule has 1 aliphatic heterocycles. The molecule has 3 amide bonds. The smallest absolute Gasteiger partial charge is 0.259 e. The van der Waals surface area contributed by atoms with E-state index in [1.165, 1.54) is 6.92 Å². The van der Waals surface area contributed by atoms with Crippen LogP contribution < -0.4 is 10.6 Å². The van der Waals surface area contributed by atoms with Gasteiger partial charge in [-0.1, -0.05) is 24.3 Å². The quantitative estimate of drug-likeness (QED) is 0.408. The van der Waals surface area contributed by atoms with Crippen LogP contribution in [-0.2, 0) is 14.4 Å². The molecule has 142 valence electrons. The van der Waals surface area contributed by atoms with Gasteiger partial charge in [-0.2, -0.15) is 0 Å². The van der Waals surface area contributed by atoms with E-state index in [-0.39, 0.29) is 11.5 Å². The maximum absolute atomic E-state index is 12.8. The second-order valence-electron chi connectivity index (χ2n) is 6.89. The Balaban J connectivity index is 1.82. The first kappa shape index (κ1) is 17.0. The van der Waals surface area contributed by atoms with Crippen LogP contribution in [0.5, 0.6) is 0 Å². The maximum Gasteiger partial charge on any atom is 0.259 e. The summed E-state index contributed by atoms with van der Waals surface area (Å²) in [6, 6.07) is 13.0. The van der Waals surface area contributed by atoms with Crippen LogP contribution in [0.1, 0.15) is 18.1 Å². The minimum Gasteiger partial charge on any atom is -0.361 e. The highest BCUT2D eigenvalue weighted by Gasteiger charge is 2.35. The summed E-state index contributed by atoms with van der Waals surface area (Å²) in [5.74, 6) is -1.13. The normalized spacial score (nSPS) is 14.1. The number of para-hydroxylation sites is 1. The minimum atomic E-state index is -0.464. The summed E-state index contributed by atoms with van der Waals surface area (Å²) < 4.78 is 0. The van der Waals surface area contributed by atoms with Gasteiger partial charge in [0.05, 0.1) is 16.8 Å². The van der Waals surface area contributed by atoms with Crippen molar-refractivity contribution in [3.8, 4) is 0 Å². The van der Waals surface area contributed by atoms with Crippen LogP contribution in [0.2, 0.25) is 0 Å². The van der Waals surface area contributed by atoms with E-state index >= 15 is 0 Å². The number of nitrogens with one attached hydrogen (secondary N) is 4. The second-order valence-corrected chi connectivity index (χ2v) is 6.89. The SMILES string of the molecule is CC(=O)Nc1cccc2[nH]cc(C3=C(c4c[nH]c5ccccc45)C(=O)NC3=O)c12. The number of hydrogen-bond donors (Lipinski definition) is 4. The number of aromatic amines is 2. The average molecular weight is 384 g/mol. The average Bonchev–Trinajstić information content (AvgIpc) is 3.36. The predicted octanol–water partition coefficient (Wildman–Crippen LogP) is 3.17. The standard InChI is InChI=1S/C22H16N4O3/c1-11(27)25-17-8-4-7-16-18(17)14(10-24-16)20-19(21(28)26-22(20)29)13-9-23-15-6-3-2-5-12(13)15/h2-10,23-24H,1H3,(H,25,27)(H,26,28,29). The molecule has 0 saturated heterocycles. The van der Waals surface area contributed by atoms with Crippen molar-refractivity contribution in [1.29, 1.82) is 0 Å². The van der Waals surface area contributed by atoms with E-state index in [9.17, 15) is 14.4 Å². The molecule has 0 radical (unpaired) electrons. The number of aromatic nitrogens is 2. The van der Waals surface area contributed by atoms with Gasteiger partial charge in [0.2, 0.25) is 5.91 Å². The van der Waals surface area contributed by atoms with Crippen molar-refractivity contribution in [2.45, 2.75) is 6.92 Å². The lowest BCUT2D eigenvalue weighted by Crippen LogP contribution is -2.22. The molecule has 0 fully saturated rings. The van der Waals surface area contributed by atoms with Gasteiger partial charge in [-0.3, -0.25) is 19.7 Å². The fraction of sp³-hybridized carbons (Fsp3) is 0.0455. The molecule has 4 N–H and O–H groups in total. The van der Waals surface area contributed by atoms with Crippen LogP contribution in [0, 0.1) is 0 Å². The molecule has 0 unspecified atom stereocenters. The monoisotopic (exact) mass is 384 g/mol. The van der Waals surface area contributed by atoms with Crippen molar-refractivity contribution >= 4 is 56.4 Å². The number of carbonyl (C=O) groups is 3. The summed E-state index contributed by atoms with van der Waals surface area (Å²) in [6.45, 7) is 1.42. The summed E-state index contributed by atoms with van der Waals surface area (Å²) in [7, 11) is 0. The predicted molar refractivity (Wildman–Crippen MR) is 111 cm³/mol. The van der Waals surface area contributed by atoms with Crippen LogP contribution in [0.15, 0.2) is 54.9 Å². The highest BCUT2D eigenvalue weighted by Crippen LogP contribution is 2.39. The first-order valence-electron chi connectivity index (χ1n) is 9.09. The van der Waals surface area contributed by atoms with Crippen molar-refractivity contribution < 1.29 is 14.4 Å². The van der Waals surface area contributed by atoms with Gasteiger partial charge in [0.25, 0.3) is 11.8 Å². The summed E-state index contributed by atoms with van der Waals surface area (Å²) in [5, 5.41) is 6.75. The highest BCUT2D eigenvalue weighted by molar-refractivity contribution is 6.51. The van der Waals surface area contributed by atoms with Crippen molar-refractivity contribution in [2.75, 3.05) is 5.32 Å². The second kappa shape index (κ2) is 6.20. The Morgan fingerprint density at radius 2 is 1.48 bits per heavy atom. The summed E-state index contributed by atoms with van der Waals surface area (Å²) >= 11 is 0. The molecular weight excluding hydrogens is 368 g/mol. The lowest BCUT2D eigenvalue weighted by Gasteiger charge is -2.08. The first-order valence-corrected chi connectivity index (χ1v) is 9.09. The molecule has 2 aromatic heterocycles. The maximum atomic E-state index is 12.8. The number of H-pyrrole nitrogens is 2. The van der Waals surface area contributed by atoms with Gasteiger partial charge >= 0.3 is 0 Å². The van der Waals surface area contributed by atoms with Crippen LogP contribution in [0.25, 0.3) is 33.0 Å². The molecule has 0 bridgehead atoms. The fourth-order valence-corrected chi connectivity index (χ4v) is 3.92. The van der Waals surface area contributed by atoms with E-state index in [0.29, 0.717) is 27.8 Å². The Morgan fingerprint density at radius 1 is 0.828 bits per heavy atom. The third kappa shape index (κ3) is 2.55. The van der Waals surface area contributed by atoms with Gasteiger partial charge in [-0.05, 0) is 18.2 Å². The molecular formula is C22H16N4O3. The third-order valence-electron chi connectivity index (χ3n) is 5.08. The Labute approximate surface area is 164 Å². The van der Waals surface area contributed by atoms with Gasteiger partial charge in [0.15, 0.2) is 0 Å². The number of imide groups is 1. The van der Waals surface area contributed by atoms with E-state index in [4.69, 9.17) is 0 Å². The number of fused-ring (bicyclic) bond motifs is 2. The van der Waals surface area contributed by atoms with E-state index in [1.807, 2.05) is 36.4 Å². The Bertz CT molecular complexity index is 1370. The number of amides is 3. The Kier molecular flexibility index (Phi) is 3.64. The lowest BCUT2D eigenvalue weighted by molar-refractivity contribution is -0.122. The number of carbonyl (C=O) groups excluding carboxylic acids is 3. The van der Waals surface area contributed by atoms with Crippen molar-refractivity contribution in [1.82, 2.24) is 15.3 Å². The minimum absolute atomic E-state index is 0.220. The van der Waals surface area contributed by atoms with Crippen molar-refractivity contribution in [2.24, 2.45) is 0 Å². The van der Waals surface area contributed by atoms with Gasteiger partial charge in [-0.15, -0.1) is 0 Å². The first-order chi connectivity index (χ1) is 14.0. The van der Waals surface area contributed by atoms with Gasteiger partial charge in [0.1, 0.15) is 0 Å². The van der Waals surface area contributed by atoms with Crippen molar-refractivity contribution in [3.63, 3.8) is 0 Å². The molecule has 0 saturated carbocycles. The highest BCUT2D eigenvalue weighted by atomic mass is 16.2. The van der Waals surface area contributed by atoms with Gasteiger partial charge in [0, 0.05) is 52.3 Å². The fourth-order valence-electron chi connectivity index (χ4n) is 3.92. The van der Waals surface area contributed by atoms with Crippen molar-refractivity contribution in [3.05, 3.63) is 66.0 Å². The summed E-state index contributed by atoms with van der Waals surface area (Å²) in [5.41, 5.74) is 4.01. The molecule has 1 aliphatic rings. The molecule has 5 rings (SSSR count). The van der Waals surface area contributed by atoms with Gasteiger partial charge in [-0.25, -0.2) is 0 Å². The van der Waals surface area contributed by atoms with Crippen LogP contribution in [0.3, 0.4) is 0 Å². The number of anilines is 1. The summed E-state index contributed by atoms with van der Waals surface area (Å²) in [4.78, 5) is 43.5. The van der Waals surface area contributed by atoms with Crippen LogP contribution >= 0.6 is 0 Å². The lowest BCUT2D eigenvalue weighted by atomic mass is 9.95. The summed E-state index contributed by atoms with van der Waals surface area (Å²) in [6.07, 6.45) is 3.43. The van der Waals surface area contributed by atoms with Crippen LogP contribution in [0.4, 0.5) is 5.69 Å². The molecule has 0 aliphatic carbocycles. The van der Waals surface area contributed by atoms with E-state index in [0.717, 1.165) is 16.4 Å². The molecule has 4 aromatic rings. The molecule has 29 heavy (non-hydrogen) atoms. The molecule has 0 atom stereocenters. The van der Waals surface area contributed by atoms with Crippen LogP contribution in [-0.4, -0.2) is 27.7 Å². The van der Waals surface area contributed by atoms with E-state index < -0.39 is 11.8 Å². The third-order valence-corrected chi connectivity index (χ3v) is 5.08. The topological polar surface area (TPSA) is 107 Å². The molecule has 7 nitrogen and oxygen atoms in total. The molecule has 7 heteroatoms. The zero-order chi connectivity index (χ0) is 20.1. The molecule has 3 heterocycles. The Hall–Kier alpha value is -4.13. The zero-order valence-corrected chi connectivity index (χ0v) is 15.4. The molecule has 0 spiro atoms. The van der Waals surface area contributed by atoms with Gasteiger partial charge < -0.3 is 15.3 Å². The van der Waals surface area contributed by atoms with E-state index in [2.05, 4.69) is 20.6 Å². The van der Waals surface area contributed by atoms with E-state index in [1.54, 1.807) is 18.5 Å². The molecule has 2 aromatic carbocycles. The zero-order valence-electron chi connectivity index (χ0n) is 15.4. The number of hydrogen-bond acceptors (Lipinski definition) is 3. The largest absolute Gasteiger partial charge is 0.361 e. The number of benzene rings is 2. The number of rotatable bonds is 3. The Morgan fingerprint density at radius 3 is 2.28 bits per heavy atom.